The fourth-order valence-electron chi connectivity index (χ4n) is 2.33. The smallest absolute Gasteiger partial charge is 0.411 e. The molecule has 0 bridgehead atoms. The fourth-order valence-corrected chi connectivity index (χ4v) is 3.46. The highest BCUT2D eigenvalue weighted by Crippen LogP contribution is 2.40. The lowest BCUT2D eigenvalue weighted by atomic mass is 9.99. The summed E-state index contributed by atoms with van der Waals surface area (Å²) in [5.74, 6) is 0.755. The standard InChI is InChI=1S/C16H20INO2/c1-4-5-11-18-15(19)20-14(16(18,2)3)13(17)12-9-7-6-8-10-12/h6-10H,4-5,11H2,1-3H3/b14-13+. The topological polar surface area (TPSA) is 29.5 Å². The van der Waals surface area contributed by atoms with E-state index in [1.807, 2.05) is 49.1 Å². The summed E-state index contributed by atoms with van der Waals surface area (Å²) >= 11 is 2.27. The average molecular weight is 385 g/mol. The molecule has 108 valence electrons. The summed E-state index contributed by atoms with van der Waals surface area (Å²) in [4.78, 5) is 13.9. The summed E-state index contributed by atoms with van der Waals surface area (Å²) in [6.45, 7) is 6.96. The van der Waals surface area contributed by atoms with Crippen molar-refractivity contribution < 1.29 is 9.53 Å². The van der Waals surface area contributed by atoms with E-state index in [2.05, 4.69) is 29.5 Å². The Labute approximate surface area is 134 Å². The zero-order chi connectivity index (χ0) is 14.8. The van der Waals surface area contributed by atoms with Crippen LogP contribution in [0.2, 0.25) is 0 Å². The molecular formula is C16H20INO2. The van der Waals surface area contributed by atoms with E-state index in [0.717, 1.165) is 34.3 Å². The van der Waals surface area contributed by atoms with E-state index >= 15 is 0 Å². The molecule has 0 radical (unpaired) electrons. The Kier molecular flexibility index (Phi) is 4.73. The number of unbranched alkanes of at least 4 members (excludes halogenated alkanes) is 1. The quantitative estimate of drug-likeness (QED) is 0.696. The molecule has 0 spiro atoms. The molecule has 0 aliphatic carbocycles. The van der Waals surface area contributed by atoms with Gasteiger partial charge in [0.2, 0.25) is 0 Å². The second-order valence-corrected chi connectivity index (χ2v) is 6.52. The molecule has 1 aliphatic heterocycles. The van der Waals surface area contributed by atoms with Gasteiger partial charge in [-0.05, 0) is 48.4 Å². The summed E-state index contributed by atoms with van der Waals surface area (Å²) in [7, 11) is 0. The lowest BCUT2D eigenvalue weighted by Gasteiger charge is -2.28. The van der Waals surface area contributed by atoms with Crippen LogP contribution < -0.4 is 0 Å². The molecule has 1 amide bonds. The van der Waals surface area contributed by atoms with Gasteiger partial charge in [0.1, 0.15) is 5.76 Å². The largest absolute Gasteiger partial charge is 0.415 e. The number of nitrogens with zero attached hydrogens (tertiary/aromatic N) is 1. The zero-order valence-electron chi connectivity index (χ0n) is 12.1. The van der Waals surface area contributed by atoms with Gasteiger partial charge < -0.3 is 4.74 Å². The second kappa shape index (κ2) is 6.16. The molecule has 0 saturated carbocycles. The molecule has 1 aromatic rings. The SMILES string of the molecule is CCCCN1C(=O)O/C(=C(/I)c2ccccc2)C1(C)C. The molecule has 4 heteroatoms. The maximum atomic E-state index is 12.1. The second-order valence-electron chi connectivity index (χ2n) is 5.44. The third-order valence-electron chi connectivity index (χ3n) is 3.60. The van der Waals surface area contributed by atoms with E-state index in [1.165, 1.54) is 0 Å². The summed E-state index contributed by atoms with van der Waals surface area (Å²) < 4.78 is 6.56. The van der Waals surface area contributed by atoms with E-state index in [0.29, 0.717) is 0 Å². The summed E-state index contributed by atoms with van der Waals surface area (Å²) in [5.41, 5.74) is 0.694. The Morgan fingerprint density at radius 1 is 1.30 bits per heavy atom. The first-order valence-corrected chi connectivity index (χ1v) is 8.01. The predicted molar refractivity (Wildman–Crippen MR) is 89.6 cm³/mol. The minimum Gasteiger partial charge on any atom is -0.411 e. The Morgan fingerprint density at radius 3 is 2.55 bits per heavy atom. The highest BCUT2D eigenvalue weighted by Gasteiger charge is 2.45. The van der Waals surface area contributed by atoms with Gasteiger partial charge in [0.05, 0.1) is 9.12 Å². The normalized spacial score (nSPS) is 20.0. The van der Waals surface area contributed by atoms with Crippen LogP contribution >= 0.6 is 22.6 Å². The van der Waals surface area contributed by atoms with Crippen LogP contribution in [0.25, 0.3) is 3.58 Å². The highest BCUT2D eigenvalue weighted by molar-refractivity contribution is 14.1. The van der Waals surface area contributed by atoms with Crippen molar-refractivity contribution >= 4 is 32.3 Å². The van der Waals surface area contributed by atoms with Crippen LogP contribution in [0.1, 0.15) is 39.2 Å². The van der Waals surface area contributed by atoms with Crippen molar-refractivity contribution in [1.29, 1.82) is 0 Å². The molecule has 1 heterocycles. The van der Waals surface area contributed by atoms with Crippen molar-refractivity contribution in [2.45, 2.75) is 39.2 Å². The van der Waals surface area contributed by atoms with Crippen LogP contribution in [-0.2, 0) is 4.74 Å². The number of ether oxygens (including phenoxy) is 1. The van der Waals surface area contributed by atoms with Crippen molar-refractivity contribution in [2.24, 2.45) is 0 Å². The minimum atomic E-state index is -0.390. The van der Waals surface area contributed by atoms with Crippen LogP contribution in [0.5, 0.6) is 0 Å². The van der Waals surface area contributed by atoms with Crippen LogP contribution in [0.3, 0.4) is 0 Å². The van der Waals surface area contributed by atoms with Gasteiger partial charge in [0.15, 0.2) is 0 Å². The third kappa shape index (κ3) is 2.85. The molecule has 0 aromatic heterocycles. The van der Waals surface area contributed by atoms with Crippen LogP contribution in [0, 0.1) is 0 Å². The number of carbonyl (C=O) groups is 1. The maximum absolute atomic E-state index is 12.1. The first kappa shape index (κ1) is 15.4. The van der Waals surface area contributed by atoms with Gasteiger partial charge in [0.25, 0.3) is 0 Å². The molecule has 3 nitrogen and oxygen atoms in total. The molecule has 0 unspecified atom stereocenters. The van der Waals surface area contributed by atoms with Gasteiger partial charge in [-0.15, -0.1) is 0 Å². The molecule has 0 atom stereocenters. The van der Waals surface area contributed by atoms with Gasteiger partial charge in [-0.1, -0.05) is 43.7 Å². The van der Waals surface area contributed by atoms with E-state index in [4.69, 9.17) is 4.74 Å². The average Bonchev–Trinajstić information content (AvgIpc) is 2.67. The van der Waals surface area contributed by atoms with Crippen LogP contribution in [-0.4, -0.2) is 23.1 Å². The monoisotopic (exact) mass is 385 g/mol. The fraction of sp³-hybridized carbons (Fsp3) is 0.438. The van der Waals surface area contributed by atoms with Gasteiger partial charge in [-0.3, -0.25) is 4.90 Å². The Hall–Kier alpha value is -1.04. The third-order valence-corrected chi connectivity index (χ3v) is 4.71. The molecule has 1 aliphatic rings. The van der Waals surface area contributed by atoms with Crippen LogP contribution in [0.4, 0.5) is 4.79 Å². The molecule has 20 heavy (non-hydrogen) atoms. The first-order chi connectivity index (χ1) is 9.48. The molecule has 2 rings (SSSR count). The zero-order valence-corrected chi connectivity index (χ0v) is 14.3. The summed E-state index contributed by atoms with van der Waals surface area (Å²) in [6, 6.07) is 10.0. The van der Waals surface area contributed by atoms with Crippen molar-refractivity contribution in [3.05, 3.63) is 41.7 Å². The van der Waals surface area contributed by atoms with Crippen molar-refractivity contribution in [1.82, 2.24) is 4.90 Å². The molecule has 1 saturated heterocycles. The highest BCUT2D eigenvalue weighted by atomic mass is 127. The van der Waals surface area contributed by atoms with Crippen molar-refractivity contribution in [3.63, 3.8) is 0 Å². The number of cyclic esters (lactones) is 1. The van der Waals surface area contributed by atoms with Crippen molar-refractivity contribution in [3.8, 4) is 0 Å². The van der Waals surface area contributed by atoms with Gasteiger partial charge in [-0.25, -0.2) is 4.79 Å². The number of carbonyl (C=O) groups excluding carboxylic acids is 1. The Bertz CT molecular complexity index is 523. The number of amides is 1. The number of benzene rings is 1. The van der Waals surface area contributed by atoms with E-state index in [9.17, 15) is 4.79 Å². The lowest BCUT2D eigenvalue weighted by molar-refractivity contribution is 0.156. The minimum absolute atomic E-state index is 0.233. The predicted octanol–water partition coefficient (Wildman–Crippen LogP) is 4.82. The first-order valence-electron chi connectivity index (χ1n) is 6.93. The number of halogens is 1. The summed E-state index contributed by atoms with van der Waals surface area (Å²) in [5, 5.41) is 0. The van der Waals surface area contributed by atoms with E-state index < -0.39 is 5.54 Å². The molecule has 1 fully saturated rings. The lowest BCUT2D eigenvalue weighted by Crippen LogP contribution is -2.41. The number of hydrogen-bond acceptors (Lipinski definition) is 2. The van der Waals surface area contributed by atoms with Gasteiger partial charge in [0, 0.05) is 6.54 Å². The van der Waals surface area contributed by atoms with Crippen LogP contribution in [0.15, 0.2) is 36.1 Å². The van der Waals surface area contributed by atoms with Gasteiger partial charge >= 0.3 is 6.09 Å². The molecule has 0 N–H and O–H groups in total. The number of rotatable bonds is 4. The summed E-state index contributed by atoms with van der Waals surface area (Å²) in [6.07, 6.45) is 1.83. The van der Waals surface area contributed by atoms with E-state index in [-0.39, 0.29) is 6.09 Å². The molecular weight excluding hydrogens is 365 g/mol. The molecule has 1 aromatic carbocycles. The maximum Gasteiger partial charge on any atom is 0.415 e. The van der Waals surface area contributed by atoms with Crippen molar-refractivity contribution in [2.75, 3.05) is 6.54 Å². The Balaban J connectivity index is 2.36. The Morgan fingerprint density at radius 2 is 1.95 bits per heavy atom. The van der Waals surface area contributed by atoms with Gasteiger partial charge in [-0.2, -0.15) is 0 Å². The van der Waals surface area contributed by atoms with E-state index in [1.54, 1.807) is 0 Å². The number of hydrogen-bond donors (Lipinski definition) is 0.